The molecule has 0 saturated heterocycles. The molecule has 7 atom stereocenters. The van der Waals surface area contributed by atoms with Gasteiger partial charge in [-0.25, -0.2) is 4.79 Å². The van der Waals surface area contributed by atoms with Crippen LogP contribution in [0.3, 0.4) is 0 Å². The molecule has 1 aromatic heterocycles. The first kappa shape index (κ1) is 49.5. The summed E-state index contributed by atoms with van der Waals surface area (Å²) in [6, 6.07) is 2.11. The van der Waals surface area contributed by atoms with Crippen LogP contribution in [0.4, 0.5) is 0 Å². The molecule has 3 aromatic rings. The highest BCUT2D eigenvalue weighted by Gasteiger charge is 2.36. The number of aliphatic carboxylic acids is 5. The summed E-state index contributed by atoms with van der Waals surface area (Å²) in [6.07, 6.45) is -3.71. The number of carbonyl (C=O) groups is 11. The third-order valence-corrected chi connectivity index (χ3v) is 9.09. The Labute approximate surface area is 356 Å². The molecule has 0 aliphatic rings. The molecule has 24 nitrogen and oxygen atoms in total. The summed E-state index contributed by atoms with van der Waals surface area (Å²) < 4.78 is 0. The summed E-state index contributed by atoms with van der Waals surface area (Å²) in [7, 11) is 0. The molecule has 0 saturated carbocycles. The predicted molar refractivity (Wildman–Crippen MR) is 214 cm³/mol. The van der Waals surface area contributed by atoms with Gasteiger partial charge in [0.1, 0.15) is 36.3 Å². The lowest BCUT2D eigenvalue weighted by Crippen LogP contribution is -2.60. The Morgan fingerprint density at radius 2 is 0.857 bits per heavy atom. The van der Waals surface area contributed by atoms with Gasteiger partial charge in [-0.3, -0.25) is 47.9 Å². The van der Waals surface area contributed by atoms with Gasteiger partial charge in [0.05, 0.1) is 31.7 Å². The van der Waals surface area contributed by atoms with E-state index in [1.54, 1.807) is 54.6 Å². The number of fused-ring (bicyclic) bond motifs is 1. The number of aromatic amines is 1. The fourth-order valence-electron chi connectivity index (χ4n) is 5.98. The molecule has 2 aromatic carbocycles. The summed E-state index contributed by atoms with van der Waals surface area (Å²) >= 11 is 0. The van der Waals surface area contributed by atoms with Gasteiger partial charge in [-0.05, 0) is 24.1 Å². The van der Waals surface area contributed by atoms with Gasteiger partial charge in [0, 0.05) is 29.9 Å². The molecule has 3 rings (SSSR count). The van der Waals surface area contributed by atoms with Crippen molar-refractivity contribution < 1.29 is 78.3 Å². The summed E-state index contributed by atoms with van der Waals surface area (Å²) in [6.45, 7) is 1.21. The summed E-state index contributed by atoms with van der Waals surface area (Å²) in [5, 5.41) is 61.1. The first-order chi connectivity index (χ1) is 29.6. The highest BCUT2D eigenvalue weighted by atomic mass is 16.4. The van der Waals surface area contributed by atoms with Gasteiger partial charge in [-0.1, -0.05) is 48.5 Å². The van der Waals surface area contributed by atoms with Gasteiger partial charge in [0.15, 0.2) is 0 Å². The molecule has 14 N–H and O–H groups in total. The number of benzene rings is 2. The van der Waals surface area contributed by atoms with Gasteiger partial charge in [0.2, 0.25) is 35.4 Å². The Bertz CT molecular complexity index is 2210. The number of nitrogens with one attached hydrogen (secondary N) is 7. The normalized spacial score (nSPS) is 14.2. The number of hydrogen-bond acceptors (Lipinski definition) is 12. The third-order valence-electron chi connectivity index (χ3n) is 9.09. The van der Waals surface area contributed by atoms with Crippen LogP contribution in [-0.2, 0) is 65.6 Å². The number of carboxylic acids is 5. The molecular formula is C39H46N8O16. The van der Waals surface area contributed by atoms with Crippen molar-refractivity contribution in [1.29, 1.82) is 0 Å². The number of rotatable bonds is 25. The number of nitrogens with two attached hydrogens (primary N) is 1. The van der Waals surface area contributed by atoms with E-state index in [0.29, 0.717) is 22.0 Å². The van der Waals surface area contributed by atoms with Crippen LogP contribution in [0.5, 0.6) is 0 Å². The molecule has 0 unspecified atom stereocenters. The van der Waals surface area contributed by atoms with Crippen molar-refractivity contribution in [3.63, 3.8) is 0 Å². The Balaban J connectivity index is 1.94. The van der Waals surface area contributed by atoms with Gasteiger partial charge < -0.3 is 68.2 Å². The first-order valence-corrected chi connectivity index (χ1v) is 18.9. The molecule has 63 heavy (non-hydrogen) atoms. The fraction of sp³-hybridized carbons (Fsp3) is 0.359. The highest BCUT2D eigenvalue weighted by molar-refractivity contribution is 6.00. The zero-order valence-electron chi connectivity index (χ0n) is 33.4. The standard InChI is InChI=1S/C39H46N8O16/c1-18(40)33(56)42-24(13-29(48)49)35(58)45-26(15-31(52)53)37(60)46-25(14-30(50)51)36(59)43-23(12-20-17-41-22-10-6-5-9-21(20)22)34(57)44-27(16-32(54)55)38(61)47-28(39(62)63)11-19-7-3-2-4-8-19/h2-10,17-18,23-28,41H,11-16,40H2,1H3,(H,42,56)(H,43,59)(H,44,57)(H,45,58)(H,46,60)(H,47,61)(H,48,49)(H,50,51)(H,52,53)(H,54,55)(H,62,63)/t18-,23-,24-,25-,26-,27-,28-/m0/s1. The minimum Gasteiger partial charge on any atom is -0.481 e. The lowest BCUT2D eigenvalue weighted by Gasteiger charge is -2.26. The summed E-state index contributed by atoms with van der Waals surface area (Å²) in [5.41, 5.74) is 6.91. The first-order valence-electron chi connectivity index (χ1n) is 18.9. The number of carbonyl (C=O) groups excluding carboxylic acids is 6. The molecule has 0 bridgehead atoms. The van der Waals surface area contributed by atoms with E-state index in [0.717, 1.165) is 0 Å². The van der Waals surface area contributed by atoms with Crippen molar-refractivity contribution in [3.8, 4) is 0 Å². The third kappa shape index (κ3) is 15.9. The van der Waals surface area contributed by atoms with Crippen LogP contribution >= 0.6 is 0 Å². The van der Waals surface area contributed by atoms with Crippen LogP contribution < -0.4 is 37.6 Å². The van der Waals surface area contributed by atoms with E-state index < -0.39 is 140 Å². The lowest BCUT2D eigenvalue weighted by molar-refractivity contribution is -0.144. The largest absolute Gasteiger partial charge is 0.481 e. The van der Waals surface area contributed by atoms with E-state index >= 15 is 0 Å². The second-order valence-corrected chi connectivity index (χ2v) is 14.1. The van der Waals surface area contributed by atoms with Crippen molar-refractivity contribution >= 4 is 76.2 Å². The SMILES string of the molecule is C[C@H](N)C(=O)N[C@@H](CC(=O)O)C(=O)N[C@@H](CC(=O)O)C(=O)N[C@@H](CC(=O)O)C(=O)N[C@@H](Cc1c[nH]c2ccccc12)C(=O)N[C@@H](CC(=O)O)C(=O)N[C@@H](Cc1ccccc1)C(=O)O. The Morgan fingerprint density at radius 1 is 0.492 bits per heavy atom. The van der Waals surface area contributed by atoms with E-state index in [1.807, 2.05) is 16.0 Å². The zero-order valence-corrected chi connectivity index (χ0v) is 33.4. The van der Waals surface area contributed by atoms with E-state index in [1.165, 1.54) is 13.1 Å². The van der Waals surface area contributed by atoms with Crippen LogP contribution in [-0.4, -0.2) is 138 Å². The van der Waals surface area contributed by atoms with E-state index in [2.05, 4.69) is 20.9 Å². The highest BCUT2D eigenvalue weighted by Crippen LogP contribution is 2.20. The molecule has 338 valence electrons. The van der Waals surface area contributed by atoms with Crippen molar-refractivity contribution in [2.75, 3.05) is 0 Å². The Morgan fingerprint density at radius 3 is 1.27 bits per heavy atom. The van der Waals surface area contributed by atoms with Crippen LogP contribution in [0.1, 0.15) is 43.7 Å². The maximum absolute atomic E-state index is 14.0. The van der Waals surface area contributed by atoms with E-state index in [9.17, 15) is 78.3 Å². The van der Waals surface area contributed by atoms with Crippen LogP contribution in [0.2, 0.25) is 0 Å². The maximum Gasteiger partial charge on any atom is 0.326 e. The minimum absolute atomic E-state index is 0.227. The number of aromatic nitrogens is 1. The zero-order chi connectivity index (χ0) is 47.0. The number of hydrogen-bond donors (Lipinski definition) is 13. The molecule has 0 aliphatic heterocycles. The average Bonchev–Trinajstić information content (AvgIpc) is 3.61. The number of H-pyrrole nitrogens is 1. The van der Waals surface area contributed by atoms with Crippen LogP contribution in [0, 0.1) is 0 Å². The van der Waals surface area contributed by atoms with Crippen LogP contribution in [0.25, 0.3) is 10.9 Å². The fourth-order valence-corrected chi connectivity index (χ4v) is 5.98. The van der Waals surface area contributed by atoms with Gasteiger partial charge in [0.25, 0.3) is 0 Å². The predicted octanol–water partition coefficient (Wildman–Crippen LogP) is -2.81. The Kier molecular flexibility index (Phi) is 18.2. The minimum atomic E-state index is -2.12. The van der Waals surface area contributed by atoms with Crippen molar-refractivity contribution in [2.45, 2.75) is 87.7 Å². The number of para-hydroxylation sites is 1. The molecule has 0 spiro atoms. The lowest BCUT2D eigenvalue weighted by atomic mass is 10.0. The smallest absolute Gasteiger partial charge is 0.326 e. The number of amides is 6. The Hall–Kier alpha value is -7.89. The van der Waals surface area contributed by atoms with Gasteiger partial charge >= 0.3 is 29.8 Å². The molecule has 0 aliphatic carbocycles. The molecule has 0 fully saturated rings. The quantitative estimate of drug-likeness (QED) is 0.0408. The molecule has 1 heterocycles. The van der Waals surface area contributed by atoms with E-state index in [-0.39, 0.29) is 6.42 Å². The monoisotopic (exact) mass is 882 g/mol. The topological polar surface area (TPSA) is 403 Å². The number of carboxylic acid groups (broad SMARTS) is 5. The van der Waals surface area contributed by atoms with Crippen molar-refractivity contribution in [1.82, 2.24) is 36.9 Å². The second kappa shape index (κ2) is 23.2. The summed E-state index contributed by atoms with van der Waals surface area (Å²) in [5.74, 6) is -15.7. The second-order valence-electron chi connectivity index (χ2n) is 14.1. The molecule has 0 radical (unpaired) electrons. The molecule has 6 amide bonds. The van der Waals surface area contributed by atoms with Gasteiger partial charge in [-0.15, -0.1) is 0 Å². The molecule has 24 heteroatoms. The van der Waals surface area contributed by atoms with Crippen molar-refractivity contribution in [2.24, 2.45) is 5.73 Å². The van der Waals surface area contributed by atoms with Crippen LogP contribution in [0.15, 0.2) is 60.8 Å². The van der Waals surface area contributed by atoms with Gasteiger partial charge in [-0.2, -0.15) is 0 Å². The maximum atomic E-state index is 14.0. The molecular weight excluding hydrogens is 836 g/mol. The van der Waals surface area contributed by atoms with E-state index in [4.69, 9.17) is 5.73 Å². The summed E-state index contributed by atoms with van der Waals surface area (Å²) in [4.78, 5) is 142. The average molecular weight is 883 g/mol. The van der Waals surface area contributed by atoms with Crippen molar-refractivity contribution in [3.05, 3.63) is 71.9 Å².